The van der Waals surface area contributed by atoms with Crippen molar-refractivity contribution in [1.82, 2.24) is 0 Å². The number of aryl methyl sites for hydroxylation is 1. The maximum absolute atomic E-state index is 10.2. The van der Waals surface area contributed by atoms with E-state index in [0.29, 0.717) is 6.61 Å². The van der Waals surface area contributed by atoms with Crippen LogP contribution in [0.2, 0.25) is 0 Å². The van der Waals surface area contributed by atoms with E-state index in [1.807, 2.05) is 37.3 Å². The van der Waals surface area contributed by atoms with Crippen LogP contribution in [0, 0.1) is 6.92 Å². The lowest BCUT2D eigenvalue weighted by Gasteiger charge is -2.10. The third-order valence-corrected chi connectivity index (χ3v) is 2.74. The molecule has 0 aliphatic carbocycles. The average molecular weight is 246 g/mol. The maximum atomic E-state index is 10.2. The van der Waals surface area contributed by atoms with Crippen LogP contribution in [0.25, 0.3) is 0 Å². The van der Waals surface area contributed by atoms with E-state index in [2.05, 4.69) is 6.92 Å². The molecule has 0 fully saturated rings. The first kappa shape index (κ1) is 12.7. The van der Waals surface area contributed by atoms with Crippen LogP contribution in [-0.2, 0) is 0 Å². The minimum Gasteiger partial charge on any atom is -0.494 e. The molecule has 1 aromatic carbocycles. The second kappa shape index (κ2) is 5.74. The summed E-state index contributed by atoms with van der Waals surface area (Å²) in [7, 11) is 0. The monoisotopic (exact) mass is 246 g/mol. The Hall–Kier alpha value is -1.74. The van der Waals surface area contributed by atoms with Crippen molar-refractivity contribution in [2.75, 3.05) is 6.61 Å². The molecule has 1 atom stereocenters. The van der Waals surface area contributed by atoms with Crippen LogP contribution < -0.4 is 4.74 Å². The number of rotatable bonds is 5. The third-order valence-electron chi connectivity index (χ3n) is 2.74. The fourth-order valence-electron chi connectivity index (χ4n) is 1.77. The summed E-state index contributed by atoms with van der Waals surface area (Å²) in [4.78, 5) is 0. The van der Waals surface area contributed by atoms with Gasteiger partial charge in [-0.2, -0.15) is 0 Å². The van der Waals surface area contributed by atoms with Crippen molar-refractivity contribution in [2.45, 2.75) is 26.4 Å². The Balaban J connectivity index is 2.09. The van der Waals surface area contributed by atoms with Gasteiger partial charge in [0.25, 0.3) is 0 Å². The van der Waals surface area contributed by atoms with Crippen LogP contribution in [0.4, 0.5) is 0 Å². The van der Waals surface area contributed by atoms with Gasteiger partial charge < -0.3 is 14.3 Å². The van der Waals surface area contributed by atoms with Gasteiger partial charge in [-0.05, 0) is 37.1 Å². The van der Waals surface area contributed by atoms with Crippen LogP contribution >= 0.6 is 0 Å². The van der Waals surface area contributed by atoms with Crippen LogP contribution in [-0.4, -0.2) is 11.7 Å². The van der Waals surface area contributed by atoms with Gasteiger partial charge in [0.1, 0.15) is 17.6 Å². The molecule has 0 spiro atoms. The van der Waals surface area contributed by atoms with Crippen molar-refractivity contribution in [3.05, 3.63) is 53.5 Å². The van der Waals surface area contributed by atoms with Crippen LogP contribution in [0.1, 0.15) is 36.3 Å². The van der Waals surface area contributed by atoms with E-state index in [4.69, 9.17) is 9.15 Å². The van der Waals surface area contributed by atoms with Crippen LogP contribution in [0.5, 0.6) is 5.75 Å². The summed E-state index contributed by atoms with van der Waals surface area (Å²) in [6.45, 7) is 4.64. The van der Waals surface area contributed by atoms with Gasteiger partial charge in [0.15, 0.2) is 0 Å². The van der Waals surface area contributed by atoms with E-state index in [9.17, 15) is 5.11 Å². The lowest BCUT2D eigenvalue weighted by molar-refractivity contribution is 0.219. The SMILES string of the molecule is CCCOc1ccc(C(O)c2coc(C)c2)cc1. The zero-order valence-corrected chi connectivity index (χ0v) is 10.7. The van der Waals surface area contributed by atoms with Crippen molar-refractivity contribution in [2.24, 2.45) is 0 Å². The van der Waals surface area contributed by atoms with Crippen molar-refractivity contribution in [1.29, 1.82) is 0 Å². The molecule has 0 saturated heterocycles. The number of hydrogen-bond donors (Lipinski definition) is 1. The second-order valence-corrected chi connectivity index (χ2v) is 4.31. The smallest absolute Gasteiger partial charge is 0.119 e. The largest absolute Gasteiger partial charge is 0.494 e. The molecule has 0 bridgehead atoms. The van der Waals surface area contributed by atoms with Gasteiger partial charge in [0.2, 0.25) is 0 Å². The molecule has 18 heavy (non-hydrogen) atoms. The second-order valence-electron chi connectivity index (χ2n) is 4.31. The average Bonchev–Trinajstić information content (AvgIpc) is 2.83. The molecular weight excluding hydrogens is 228 g/mol. The standard InChI is InChI=1S/C15H18O3/c1-3-8-17-14-6-4-12(5-7-14)15(16)13-9-11(2)18-10-13/h4-7,9-10,15-16H,3,8H2,1-2H3. The van der Waals surface area contributed by atoms with Gasteiger partial charge >= 0.3 is 0 Å². The normalized spacial score (nSPS) is 12.4. The lowest BCUT2D eigenvalue weighted by atomic mass is 10.0. The summed E-state index contributed by atoms with van der Waals surface area (Å²) in [5, 5.41) is 10.2. The lowest BCUT2D eigenvalue weighted by Crippen LogP contribution is -1.99. The van der Waals surface area contributed by atoms with Gasteiger partial charge in [0, 0.05) is 5.56 Å². The summed E-state index contributed by atoms with van der Waals surface area (Å²) in [6, 6.07) is 9.34. The van der Waals surface area contributed by atoms with Gasteiger partial charge in [-0.25, -0.2) is 0 Å². The number of benzene rings is 1. The molecule has 0 radical (unpaired) electrons. The Bertz CT molecular complexity index is 485. The molecule has 96 valence electrons. The molecule has 1 N–H and O–H groups in total. The zero-order chi connectivity index (χ0) is 13.0. The van der Waals surface area contributed by atoms with Crippen molar-refractivity contribution >= 4 is 0 Å². The minimum atomic E-state index is -0.650. The highest BCUT2D eigenvalue weighted by Gasteiger charge is 2.12. The van der Waals surface area contributed by atoms with Gasteiger partial charge in [0.05, 0.1) is 12.9 Å². The number of hydrogen-bond acceptors (Lipinski definition) is 3. The fourth-order valence-corrected chi connectivity index (χ4v) is 1.77. The molecule has 1 aromatic heterocycles. The summed E-state index contributed by atoms with van der Waals surface area (Å²) in [6.07, 6.45) is 1.92. The van der Waals surface area contributed by atoms with Crippen molar-refractivity contribution in [3.63, 3.8) is 0 Å². The maximum Gasteiger partial charge on any atom is 0.119 e. The summed E-state index contributed by atoms with van der Waals surface area (Å²) >= 11 is 0. The third kappa shape index (κ3) is 2.93. The Morgan fingerprint density at radius 1 is 1.22 bits per heavy atom. The highest BCUT2D eigenvalue weighted by molar-refractivity contribution is 5.33. The van der Waals surface area contributed by atoms with Crippen LogP contribution in [0.15, 0.2) is 41.0 Å². The van der Waals surface area contributed by atoms with E-state index in [1.54, 1.807) is 6.26 Å². The first-order chi connectivity index (χ1) is 8.70. The minimum absolute atomic E-state index is 0.650. The van der Waals surface area contributed by atoms with Crippen molar-refractivity contribution < 1.29 is 14.3 Å². The van der Waals surface area contributed by atoms with E-state index in [-0.39, 0.29) is 0 Å². The Morgan fingerprint density at radius 2 is 1.94 bits per heavy atom. The molecular formula is C15H18O3. The van der Waals surface area contributed by atoms with Gasteiger partial charge in [-0.1, -0.05) is 19.1 Å². The number of furan rings is 1. The molecule has 2 aromatic rings. The molecule has 1 heterocycles. The fraction of sp³-hybridized carbons (Fsp3) is 0.333. The predicted octanol–water partition coefficient (Wildman–Crippen LogP) is 3.46. The molecule has 0 aliphatic heterocycles. The molecule has 1 unspecified atom stereocenters. The molecule has 0 aliphatic rings. The highest BCUT2D eigenvalue weighted by Crippen LogP contribution is 2.25. The molecule has 0 amide bonds. The summed E-state index contributed by atoms with van der Waals surface area (Å²) in [5.74, 6) is 1.63. The summed E-state index contributed by atoms with van der Waals surface area (Å²) in [5.41, 5.74) is 1.61. The number of aliphatic hydroxyl groups is 1. The van der Waals surface area contributed by atoms with E-state index >= 15 is 0 Å². The Kier molecular flexibility index (Phi) is 4.05. The van der Waals surface area contributed by atoms with E-state index < -0.39 is 6.10 Å². The van der Waals surface area contributed by atoms with Gasteiger partial charge in [-0.15, -0.1) is 0 Å². The first-order valence-corrected chi connectivity index (χ1v) is 6.16. The van der Waals surface area contributed by atoms with Crippen molar-refractivity contribution in [3.8, 4) is 5.75 Å². The van der Waals surface area contributed by atoms with Gasteiger partial charge in [-0.3, -0.25) is 0 Å². The summed E-state index contributed by atoms with van der Waals surface area (Å²) < 4.78 is 10.7. The quantitative estimate of drug-likeness (QED) is 0.878. The Labute approximate surface area is 107 Å². The molecule has 3 heteroatoms. The predicted molar refractivity (Wildman–Crippen MR) is 69.7 cm³/mol. The zero-order valence-electron chi connectivity index (χ0n) is 10.7. The topological polar surface area (TPSA) is 42.6 Å². The molecule has 0 saturated carbocycles. The molecule has 2 rings (SSSR count). The molecule has 3 nitrogen and oxygen atoms in total. The highest BCUT2D eigenvalue weighted by atomic mass is 16.5. The van der Waals surface area contributed by atoms with E-state index in [1.165, 1.54) is 0 Å². The van der Waals surface area contributed by atoms with E-state index in [0.717, 1.165) is 29.1 Å². The Morgan fingerprint density at radius 3 is 2.50 bits per heavy atom. The first-order valence-electron chi connectivity index (χ1n) is 6.16. The van der Waals surface area contributed by atoms with Crippen LogP contribution in [0.3, 0.4) is 0 Å². The number of ether oxygens (including phenoxy) is 1. The number of aliphatic hydroxyl groups excluding tert-OH is 1.